The van der Waals surface area contributed by atoms with Crippen LogP contribution in [0.15, 0.2) is 72.4 Å². The Bertz CT molecular complexity index is 519. The van der Waals surface area contributed by atoms with Crippen LogP contribution < -0.4 is 10.2 Å². The summed E-state index contributed by atoms with van der Waals surface area (Å²) in [5, 5.41) is 24.7. The third kappa shape index (κ3) is 2.93. The molecule has 0 saturated heterocycles. The molecule has 0 unspecified atom stereocenters. The quantitative estimate of drug-likeness (QED) is 0.744. The van der Waals surface area contributed by atoms with Crippen LogP contribution in [0, 0.1) is 11.8 Å². The van der Waals surface area contributed by atoms with Gasteiger partial charge in [0.05, 0.1) is 0 Å². The molecule has 3 rings (SSSR count). The minimum absolute atomic E-state index is 0.436. The number of nitrogens with zero attached hydrogens (tertiary/aromatic N) is 2. The van der Waals surface area contributed by atoms with Crippen molar-refractivity contribution >= 4 is 0 Å². The van der Waals surface area contributed by atoms with Crippen molar-refractivity contribution < 1.29 is 10.2 Å². The van der Waals surface area contributed by atoms with E-state index in [4.69, 9.17) is 0 Å². The summed E-state index contributed by atoms with van der Waals surface area (Å²) in [6.45, 7) is 0. The molecular formula is C18H20N2O2-2. The lowest BCUT2D eigenvalue weighted by Gasteiger charge is -2.59. The van der Waals surface area contributed by atoms with E-state index >= 15 is 0 Å². The van der Waals surface area contributed by atoms with Crippen LogP contribution in [0.4, 0.5) is 0 Å². The zero-order valence-corrected chi connectivity index (χ0v) is 12.8. The Labute approximate surface area is 131 Å². The molecule has 0 N–H and O–H groups in total. The number of rotatable bonds is 2. The van der Waals surface area contributed by atoms with Crippen LogP contribution in [0.3, 0.4) is 0 Å². The lowest BCUT2D eigenvalue weighted by atomic mass is 9.67. The summed E-state index contributed by atoms with van der Waals surface area (Å²) in [4.78, 5) is 3.85. The van der Waals surface area contributed by atoms with Crippen molar-refractivity contribution in [3.63, 3.8) is 0 Å². The fourth-order valence-corrected chi connectivity index (χ4v) is 2.81. The molecule has 4 nitrogen and oxygen atoms in total. The average Bonchev–Trinajstić information content (AvgIpc) is 2.53. The Morgan fingerprint density at radius 3 is 1.36 bits per heavy atom. The topological polar surface area (TPSA) is 52.6 Å². The van der Waals surface area contributed by atoms with Crippen molar-refractivity contribution in [3.8, 4) is 0 Å². The SMILES string of the molecule is CN1C=CC(=CC2C([O-])C(C=C3C=CN(C)C=C3)C2[O-])C=C1. The second-order valence-corrected chi connectivity index (χ2v) is 6.01. The highest BCUT2D eigenvalue weighted by atomic mass is 16.3. The number of hydrogen-bond donors (Lipinski definition) is 0. The van der Waals surface area contributed by atoms with Gasteiger partial charge in [0.2, 0.25) is 0 Å². The first kappa shape index (κ1) is 14.9. The Kier molecular flexibility index (Phi) is 4.05. The Morgan fingerprint density at radius 2 is 1.05 bits per heavy atom. The molecule has 0 amide bonds. The van der Waals surface area contributed by atoms with Crippen molar-refractivity contribution in [2.75, 3.05) is 14.1 Å². The van der Waals surface area contributed by atoms with Crippen LogP contribution in [0.25, 0.3) is 0 Å². The molecule has 1 saturated carbocycles. The predicted molar refractivity (Wildman–Crippen MR) is 82.8 cm³/mol. The maximum absolute atomic E-state index is 12.3. The highest BCUT2D eigenvalue weighted by Crippen LogP contribution is 2.35. The van der Waals surface area contributed by atoms with Gasteiger partial charge in [-0.15, -0.1) is 12.2 Å². The standard InChI is InChI=1S/C18H20N2O2/c1-19-7-3-13(4-8-19)11-15-17(21)16(18(15)22)12-14-5-9-20(2)10-6-14/h3-12,15-18H,1-2H3/q-2. The predicted octanol–water partition coefficient (Wildman–Crippen LogP) is 0.489. The third-order valence-corrected chi connectivity index (χ3v) is 4.30. The van der Waals surface area contributed by atoms with Gasteiger partial charge >= 0.3 is 0 Å². The molecule has 22 heavy (non-hydrogen) atoms. The number of hydrogen-bond acceptors (Lipinski definition) is 4. The van der Waals surface area contributed by atoms with Gasteiger partial charge in [-0.2, -0.15) is 0 Å². The third-order valence-electron chi connectivity index (χ3n) is 4.30. The molecule has 116 valence electrons. The second kappa shape index (κ2) is 5.99. The fraction of sp³-hybridized carbons (Fsp3) is 0.333. The zero-order valence-electron chi connectivity index (χ0n) is 12.8. The van der Waals surface area contributed by atoms with Crippen molar-refractivity contribution in [2.45, 2.75) is 12.2 Å². The first-order valence-corrected chi connectivity index (χ1v) is 7.46. The molecule has 1 fully saturated rings. The van der Waals surface area contributed by atoms with Gasteiger partial charge in [-0.05, 0) is 47.3 Å². The van der Waals surface area contributed by atoms with E-state index in [0.29, 0.717) is 0 Å². The highest BCUT2D eigenvalue weighted by Gasteiger charge is 2.33. The Morgan fingerprint density at radius 1 is 0.727 bits per heavy atom. The van der Waals surface area contributed by atoms with E-state index in [-0.39, 0.29) is 0 Å². The summed E-state index contributed by atoms with van der Waals surface area (Å²) in [5.41, 5.74) is 1.88. The van der Waals surface area contributed by atoms with Crippen LogP contribution >= 0.6 is 0 Å². The monoisotopic (exact) mass is 296 g/mol. The van der Waals surface area contributed by atoms with E-state index in [2.05, 4.69) is 0 Å². The van der Waals surface area contributed by atoms with Gasteiger partial charge in [0.1, 0.15) is 0 Å². The van der Waals surface area contributed by atoms with Gasteiger partial charge in [-0.1, -0.05) is 12.2 Å². The van der Waals surface area contributed by atoms with Gasteiger partial charge in [0, 0.05) is 38.9 Å². The molecule has 2 heterocycles. The van der Waals surface area contributed by atoms with E-state index in [1.807, 2.05) is 85.2 Å². The molecule has 1 aliphatic carbocycles. The minimum atomic E-state index is -0.856. The molecule has 3 aliphatic rings. The Balaban J connectivity index is 1.67. The van der Waals surface area contributed by atoms with E-state index in [1.165, 1.54) is 0 Å². The molecule has 4 heteroatoms. The largest absolute Gasteiger partial charge is 0.851 e. The van der Waals surface area contributed by atoms with Gasteiger partial charge in [0.25, 0.3) is 0 Å². The lowest BCUT2D eigenvalue weighted by molar-refractivity contribution is -0.550. The molecule has 0 atom stereocenters. The maximum atomic E-state index is 12.3. The molecule has 0 aromatic carbocycles. The molecule has 0 bridgehead atoms. The van der Waals surface area contributed by atoms with Crippen molar-refractivity contribution in [1.29, 1.82) is 0 Å². The van der Waals surface area contributed by atoms with Gasteiger partial charge in [-0.25, -0.2) is 0 Å². The summed E-state index contributed by atoms with van der Waals surface area (Å²) in [5.74, 6) is -0.873. The maximum Gasteiger partial charge on any atom is 0.0106 e. The van der Waals surface area contributed by atoms with Gasteiger partial charge in [-0.3, -0.25) is 0 Å². The molecule has 0 radical (unpaired) electrons. The van der Waals surface area contributed by atoms with E-state index < -0.39 is 24.0 Å². The Hall–Kier alpha value is -2.04. The summed E-state index contributed by atoms with van der Waals surface area (Å²) in [6.07, 6.45) is 17.3. The molecular weight excluding hydrogens is 276 g/mol. The van der Waals surface area contributed by atoms with Crippen LogP contribution in [0.5, 0.6) is 0 Å². The average molecular weight is 296 g/mol. The lowest BCUT2D eigenvalue weighted by Crippen LogP contribution is -2.65. The number of allylic oxidation sites excluding steroid dienone is 6. The van der Waals surface area contributed by atoms with Gasteiger partial charge < -0.3 is 20.0 Å². The van der Waals surface area contributed by atoms with Crippen LogP contribution in [-0.4, -0.2) is 36.1 Å². The van der Waals surface area contributed by atoms with E-state index in [1.54, 1.807) is 0 Å². The first-order valence-electron chi connectivity index (χ1n) is 7.46. The van der Waals surface area contributed by atoms with Crippen LogP contribution in [0.2, 0.25) is 0 Å². The van der Waals surface area contributed by atoms with Gasteiger partial charge in [0.15, 0.2) is 0 Å². The van der Waals surface area contributed by atoms with Crippen LogP contribution in [0.1, 0.15) is 0 Å². The van der Waals surface area contributed by atoms with E-state index in [9.17, 15) is 10.2 Å². The molecule has 0 spiro atoms. The smallest absolute Gasteiger partial charge is 0.0106 e. The molecule has 0 aromatic heterocycles. The second-order valence-electron chi connectivity index (χ2n) is 6.01. The minimum Gasteiger partial charge on any atom is -0.851 e. The fourth-order valence-electron chi connectivity index (χ4n) is 2.81. The van der Waals surface area contributed by atoms with Crippen molar-refractivity contribution in [2.24, 2.45) is 11.8 Å². The molecule has 0 aromatic rings. The molecule has 2 aliphatic heterocycles. The normalized spacial score (nSPS) is 33.3. The highest BCUT2D eigenvalue weighted by molar-refractivity contribution is 5.38. The van der Waals surface area contributed by atoms with Crippen molar-refractivity contribution in [1.82, 2.24) is 9.80 Å². The zero-order chi connectivity index (χ0) is 15.7. The summed E-state index contributed by atoms with van der Waals surface area (Å²) >= 11 is 0. The van der Waals surface area contributed by atoms with E-state index in [0.717, 1.165) is 11.1 Å². The summed E-state index contributed by atoms with van der Waals surface area (Å²) < 4.78 is 0. The van der Waals surface area contributed by atoms with Crippen LogP contribution in [-0.2, 0) is 0 Å². The summed E-state index contributed by atoms with van der Waals surface area (Å²) in [7, 11) is 3.87. The first-order chi connectivity index (χ1) is 10.5. The summed E-state index contributed by atoms with van der Waals surface area (Å²) in [6, 6.07) is 0. The van der Waals surface area contributed by atoms with Crippen molar-refractivity contribution in [3.05, 3.63) is 72.4 Å².